The first-order chi connectivity index (χ1) is 11.0. The highest BCUT2D eigenvalue weighted by atomic mass is 32.2. The quantitative estimate of drug-likeness (QED) is 0.799. The van der Waals surface area contributed by atoms with Crippen LogP contribution in [0.25, 0.3) is 0 Å². The van der Waals surface area contributed by atoms with E-state index >= 15 is 0 Å². The minimum Gasteiger partial charge on any atom is -0.287 e. The lowest BCUT2D eigenvalue weighted by molar-refractivity contribution is 0.00470. The van der Waals surface area contributed by atoms with Crippen molar-refractivity contribution in [1.82, 2.24) is 4.90 Å². The maximum Gasteiger partial charge on any atom is 0.264 e. The molecular formula is C17H19NO3S2. The molecule has 2 heterocycles. The Morgan fingerprint density at radius 3 is 2.70 bits per heavy atom. The molecule has 0 bridgehead atoms. The summed E-state index contributed by atoms with van der Waals surface area (Å²) in [4.78, 5) is 3.77. The number of benzene rings is 1. The minimum absolute atomic E-state index is 0.217. The van der Waals surface area contributed by atoms with Gasteiger partial charge in [0.05, 0.1) is 12.3 Å². The van der Waals surface area contributed by atoms with Crippen LogP contribution in [0, 0.1) is 0 Å². The normalized spacial score (nSPS) is 22.0. The Balaban J connectivity index is 1.64. The number of nitrogens with zero attached hydrogens (tertiary/aromatic N) is 1. The molecule has 1 unspecified atom stereocenters. The SMILES string of the molecule is CS(=O)(=O)OC1CN(C2c3ccccc3CCc3sccc32)C1. The van der Waals surface area contributed by atoms with Crippen molar-refractivity contribution in [1.29, 1.82) is 0 Å². The van der Waals surface area contributed by atoms with Crippen LogP contribution >= 0.6 is 11.3 Å². The summed E-state index contributed by atoms with van der Waals surface area (Å²) in [5.74, 6) is 0. The smallest absolute Gasteiger partial charge is 0.264 e. The lowest BCUT2D eigenvalue weighted by Crippen LogP contribution is -2.54. The third-order valence-electron chi connectivity index (χ3n) is 4.60. The van der Waals surface area contributed by atoms with Crippen molar-refractivity contribution in [3.63, 3.8) is 0 Å². The Bertz CT molecular complexity index is 822. The van der Waals surface area contributed by atoms with E-state index in [2.05, 4.69) is 40.6 Å². The zero-order valence-electron chi connectivity index (χ0n) is 12.9. The summed E-state index contributed by atoms with van der Waals surface area (Å²) < 4.78 is 27.7. The van der Waals surface area contributed by atoms with E-state index in [0.29, 0.717) is 13.1 Å². The van der Waals surface area contributed by atoms with Crippen LogP contribution in [-0.4, -0.2) is 38.8 Å². The number of hydrogen-bond donors (Lipinski definition) is 0. The van der Waals surface area contributed by atoms with Gasteiger partial charge < -0.3 is 0 Å². The van der Waals surface area contributed by atoms with E-state index in [0.717, 1.165) is 19.1 Å². The molecule has 1 atom stereocenters. The van der Waals surface area contributed by atoms with Gasteiger partial charge in [-0.1, -0.05) is 24.3 Å². The van der Waals surface area contributed by atoms with Gasteiger partial charge in [0.15, 0.2) is 0 Å². The summed E-state index contributed by atoms with van der Waals surface area (Å²) in [5, 5.41) is 2.16. The molecular weight excluding hydrogens is 330 g/mol. The Hall–Kier alpha value is -1.21. The third-order valence-corrected chi connectivity index (χ3v) is 6.22. The Morgan fingerprint density at radius 1 is 1.13 bits per heavy atom. The van der Waals surface area contributed by atoms with Gasteiger partial charge >= 0.3 is 0 Å². The lowest BCUT2D eigenvalue weighted by atomic mass is 9.92. The van der Waals surface area contributed by atoms with Crippen molar-refractivity contribution in [2.75, 3.05) is 19.3 Å². The summed E-state index contributed by atoms with van der Waals surface area (Å²) >= 11 is 1.82. The molecule has 0 N–H and O–H groups in total. The Labute approximate surface area is 140 Å². The average molecular weight is 349 g/mol. The average Bonchev–Trinajstić information content (AvgIpc) is 2.85. The molecule has 0 radical (unpaired) electrons. The molecule has 2 aromatic rings. The van der Waals surface area contributed by atoms with Gasteiger partial charge in [0.1, 0.15) is 6.10 Å². The van der Waals surface area contributed by atoms with E-state index in [1.54, 1.807) is 0 Å². The van der Waals surface area contributed by atoms with Crippen molar-refractivity contribution < 1.29 is 12.6 Å². The van der Waals surface area contributed by atoms with E-state index < -0.39 is 10.1 Å². The number of likely N-dealkylation sites (tertiary alicyclic amines) is 1. The highest BCUT2D eigenvalue weighted by molar-refractivity contribution is 7.86. The zero-order chi connectivity index (χ0) is 16.0. The van der Waals surface area contributed by atoms with Crippen LogP contribution in [0.5, 0.6) is 0 Å². The molecule has 0 amide bonds. The maximum atomic E-state index is 11.3. The van der Waals surface area contributed by atoms with Gasteiger partial charge in [-0.2, -0.15) is 8.42 Å². The van der Waals surface area contributed by atoms with Crippen LogP contribution in [0.1, 0.15) is 27.6 Å². The number of rotatable bonds is 3. The van der Waals surface area contributed by atoms with E-state index in [9.17, 15) is 8.42 Å². The van der Waals surface area contributed by atoms with Crippen LogP contribution in [0.15, 0.2) is 35.7 Å². The zero-order valence-corrected chi connectivity index (χ0v) is 14.6. The molecule has 6 heteroatoms. The Morgan fingerprint density at radius 2 is 1.91 bits per heavy atom. The second kappa shape index (κ2) is 5.70. The van der Waals surface area contributed by atoms with Crippen LogP contribution < -0.4 is 0 Å². The van der Waals surface area contributed by atoms with Crippen LogP contribution in [0.4, 0.5) is 0 Å². The first-order valence-electron chi connectivity index (χ1n) is 7.77. The van der Waals surface area contributed by atoms with Crippen molar-refractivity contribution in [2.45, 2.75) is 25.0 Å². The molecule has 122 valence electrons. The topological polar surface area (TPSA) is 46.6 Å². The van der Waals surface area contributed by atoms with Crippen molar-refractivity contribution in [3.8, 4) is 0 Å². The highest BCUT2D eigenvalue weighted by Gasteiger charge is 2.38. The molecule has 4 nitrogen and oxygen atoms in total. The van der Waals surface area contributed by atoms with Gasteiger partial charge in [0, 0.05) is 18.0 Å². The number of thiophene rings is 1. The molecule has 1 aliphatic carbocycles. The summed E-state index contributed by atoms with van der Waals surface area (Å²) in [6, 6.07) is 11.0. The number of aryl methyl sites for hydroxylation is 2. The van der Waals surface area contributed by atoms with E-state index in [4.69, 9.17) is 4.18 Å². The minimum atomic E-state index is -3.38. The summed E-state index contributed by atoms with van der Waals surface area (Å²) in [5.41, 5.74) is 4.12. The fourth-order valence-electron chi connectivity index (χ4n) is 3.62. The largest absolute Gasteiger partial charge is 0.287 e. The molecule has 1 aromatic heterocycles. The second-order valence-electron chi connectivity index (χ2n) is 6.28. The number of hydrogen-bond acceptors (Lipinski definition) is 5. The van der Waals surface area contributed by atoms with Crippen LogP contribution in [0.3, 0.4) is 0 Å². The lowest BCUT2D eigenvalue weighted by Gasteiger charge is -2.43. The van der Waals surface area contributed by atoms with E-state index in [1.165, 1.54) is 21.6 Å². The second-order valence-corrected chi connectivity index (χ2v) is 8.88. The first kappa shape index (κ1) is 15.3. The van der Waals surface area contributed by atoms with Crippen LogP contribution in [0.2, 0.25) is 0 Å². The standard InChI is InChI=1S/C17H19NO3S2/c1-23(19,20)21-13-10-18(11-13)17-14-5-3-2-4-12(14)6-7-16-15(17)8-9-22-16/h2-5,8-9,13,17H,6-7,10-11H2,1H3. The highest BCUT2D eigenvalue weighted by Crippen LogP contribution is 2.41. The molecule has 0 saturated carbocycles. The molecule has 1 aliphatic heterocycles. The van der Waals surface area contributed by atoms with Crippen molar-refractivity contribution in [3.05, 3.63) is 57.3 Å². The van der Waals surface area contributed by atoms with E-state index in [-0.39, 0.29) is 12.1 Å². The van der Waals surface area contributed by atoms with Gasteiger partial charge in [-0.05, 0) is 41.0 Å². The van der Waals surface area contributed by atoms with Crippen molar-refractivity contribution in [2.24, 2.45) is 0 Å². The molecule has 0 spiro atoms. The van der Waals surface area contributed by atoms with Gasteiger partial charge in [0.25, 0.3) is 10.1 Å². The predicted molar refractivity (Wildman–Crippen MR) is 91.3 cm³/mol. The fourth-order valence-corrected chi connectivity index (χ4v) is 5.15. The van der Waals surface area contributed by atoms with Gasteiger partial charge in [-0.25, -0.2) is 0 Å². The molecule has 23 heavy (non-hydrogen) atoms. The molecule has 4 rings (SSSR count). The molecule has 1 aromatic carbocycles. The first-order valence-corrected chi connectivity index (χ1v) is 10.5. The van der Waals surface area contributed by atoms with Gasteiger partial charge in [-0.3, -0.25) is 9.08 Å². The third kappa shape index (κ3) is 2.96. The van der Waals surface area contributed by atoms with E-state index in [1.807, 2.05) is 11.3 Å². The van der Waals surface area contributed by atoms with Crippen molar-refractivity contribution >= 4 is 21.5 Å². The molecule has 1 fully saturated rings. The number of fused-ring (bicyclic) bond motifs is 2. The summed E-state index contributed by atoms with van der Waals surface area (Å²) in [6.45, 7) is 1.31. The van der Waals surface area contributed by atoms with Gasteiger partial charge in [0.2, 0.25) is 0 Å². The molecule has 2 aliphatic rings. The van der Waals surface area contributed by atoms with Crippen LogP contribution in [-0.2, 0) is 27.1 Å². The maximum absolute atomic E-state index is 11.3. The summed E-state index contributed by atoms with van der Waals surface area (Å²) in [7, 11) is -3.38. The van der Waals surface area contributed by atoms with Gasteiger partial charge in [-0.15, -0.1) is 11.3 Å². The fraction of sp³-hybridized carbons (Fsp3) is 0.412. The molecule has 1 saturated heterocycles. The summed E-state index contributed by atoms with van der Waals surface area (Å²) in [6.07, 6.45) is 3.05. The monoisotopic (exact) mass is 349 g/mol. The predicted octanol–water partition coefficient (Wildman–Crippen LogP) is 2.60. The Kier molecular flexibility index (Phi) is 3.80.